The third kappa shape index (κ3) is 5.23. The normalized spacial score (nSPS) is 18.8. The summed E-state index contributed by atoms with van der Waals surface area (Å²) in [6.45, 7) is 0.349. The zero-order valence-corrected chi connectivity index (χ0v) is 21.0. The lowest BCUT2D eigenvalue weighted by molar-refractivity contribution is -0.132. The minimum Gasteiger partial charge on any atom is -0.488 e. The van der Waals surface area contributed by atoms with Gasteiger partial charge in [0.25, 0.3) is 11.8 Å². The topological polar surface area (TPSA) is 75.7 Å². The van der Waals surface area contributed by atoms with E-state index in [1.54, 1.807) is 12.1 Å². The molecule has 0 radical (unpaired) electrons. The molecule has 1 saturated carbocycles. The van der Waals surface area contributed by atoms with Crippen molar-refractivity contribution >= 4 is 62.4 Å². The van der Waals surface area contributed by atoms with Gasteiger partial charge in [-0.3, -0.25) is 19.8 Å². The Morgan fingerprint density at radius 2 is 1.78 bits per heavy atom. The molecule has 4 rings (SSSR count). The van der Waals surface area contributed by atoms with Crippen molar-refractivity contribution in [3.8, 4) is 5.75 Å². The molecule has 0 spiro atoms. The van der Waals surface area contributed by atoms with Crippen LogP contribution in [-0.4, -0.2) is 28.8 Å². The first-order chi connectivity index (χ1) is 15.4. The Balaban J connectivity index is 1.61. The summed E-state index contributed by atoms with van der Waals surface area (Å²) in [5.41, 5.74) is 1.53. The van der Waals surface area contributed by atoms with Gasteiger partial charge in [0.05, 0.1) is 0 Å². The smallest absolute Gasteiger partial charge is 0.331 e. The number of benzene rings is 2. The number of amides is 4. The van der Waals surface area contributed by atoms with Crippen LogP contribution in [0.2, 0.25) is 0 Å². The maximum atomic E-state index is 13.2. The lowest BCUT2D eigenvalue weighted by Crippen LogP contribution is -2.58. The minimum atomic E-state index is -0.685. The lowest BCUT2D eigenvalue weighted by Gasteiger charge is -2.35. The van der Waals surface area contributed by atoms with Gasteiger partial charge in [-0.05, 0) is 77.4 Å². The van der Waals surface area contributed by atoms with E-state index in [9.17, 15) is 14.4 Å². The molecule has 1 aliphatic carbocycles. The predicted molar refractivity (Wildman–Crippen MR) is 133 cm³/mol. The molecule has 8 heteroatoms. The van der Waals surface area contributed by atoms with Crippen molar-refractivity contribution in [1.82, 2.24) is 10.2 Å². The van der Waals surface area contributed by atoms with Crippen molar-refractivity contribution in [3.63, 3.8) is 0 Å². The van der Waals surface area contributed by atoms with Gasteiger partial charge in [-0.2, -0.15) is 0 Å². The number of rotatable bonds is 5. The molecular formula is C24H22BrIN2O4. The number of ether oxygens (including phenoxy) is 1. The quantitative estimate of drug-likeness (QED) is 0.279. The monoisotopic (exact) mass is 608 g/mol. The number of imide groups is 2. The highest BCUT2D eigenvalue weighted by Gasteiger charge is 2.40. The Labute approximate surface area is 208 Å². The fraction of sp³-hybridized carbons (Fsp3) is 0.292. The van der Waals surface area contributed by atoms with Gasteiger partial charge >= 0.3 is 6.03 Å². The highest BCUT2D eigenvalue weighted by molar-refractivity contribution is 14.1. The van der Waals surface area contributed by atoms with E-state index in [1.165, 1.54) is 11.0 Å². The Morgan fingerprint density at radius 1 is 1.06 bits per heavy atom. The summed E-state index contributed by atoms with van der Waals surface area (Å²) in [7, 11) is 0. The molecule has 1 saturated heterocycles. The first-order valence-corrected chi connectivity index (χ1v) is 12.4. The second-order valence-electron chi connectivity index (χ2n) is 7.88. The van der Waals surface area contributed by atoms with E-state index in [2.05, 4.69) is 43.8 Å². The standard InChI is InChI=1S/C24H22BrIN2O4/c25-17-8-11-21(32-14-15-6-9-18(26)10-7-15)16(12-17)13-20-22(29)27-24(31)28(23(20)30)19-4-2-1-3-5-19/h6-13,19H,1-5,14H2,(H,27,29,31). The van der Waals surface area contributed by atoms with Crippen molar-refractivity contribution in [2.45, 2.75) is 44.8 Å². The van der Waals surface area contributed by atoms with Gasteiger partial charge in [-0.15, -0.1) is 0 Å². The fourth-order valence-corrected chi connectivity index (χ4v) is 4.74. The van der Waals surface area contributed by atoms with Crippen LogP contribution >= 0.6 is 38.5 Å². The van der Waals surface area contributed by atoms with E-state index < -0.39 is 17.8 Å². The van der Waals surface area contributed by atoms with Crippen molar-refractivity contribution < 1.29 is 19.1 Å². The van der Waals surface area contributed by atoms with Crippen LogP contribution in [0.1, 0.15) is 43.2 Å². The second kappa shape index (κ2) is 10.2. The molecule has 1 heterocycles. The van der Waals surface area contributed by atoms with Crippen molar-refractivity contribution in [2.75, 3.05) is 0 Å². The van der Waals surface area contributed by atoms with Crippen LogP contribution in [0.15, 0.2) is 52.5 Å². The van der Waals surface area contributed by atoms with Crippen LogP contribution in [0.4, 0.5) is 4.79 Å². The molecule has 0 atom stereocenters. The Bertz CT molecular complexity index is 1080. The Hall–Kier alpha value is -2.20. The van der Waals surface area contributed by atoms with E-state index in [0.29, 0.717) is 17.9 Å². The molecule has 2 aliphatic rings. The Morgan fingerprint density at radius 3 is 2.50 bits per heavy atom. The molecule has 4 amide bonds. The highest BCUT2D eigenvalue weighted by atomic mass is 127. The molecule has 32 heavy (non-hydrogen) atoms. The number of nitrogens with zero attached hydrogens (tertiary/aromatic N) is 1. The molecule has 2 aromatic carbocycles. The van der Waals surface area contributed by atoms with Gasteiger partial charge in [0.15, 0.2) is 0 Å². The molecule has 2 fully saturated rings. The average molecular weight is 609 g/mol. The molecule has 0 aromatic heterocycles. The van der Waals surface area contributed by atoms with Gasteiger partial charge in [-0.25, -0.2) is 4.79 Å². The van der Waals surface area contributed by atoms with Gasteiger partial charge in [-0.1, -0.05) is 47.3 Å². The minimum absolute atomic E-state index is 0.0626. The summed E-state index contributed by atoms with van der Waals surface area (Å²) >= 11 is 5.69. The molecule has 1 aliphatic heterocycles. The van der Waals surface area contributed by atoms with E-state index in [0.717, 1.165) is 45.7 Å². The number of urea groups is 1. The number of barbiturate groups is 1. The van der Waals surface area contributed by atoms with E-state index in [1.807, 2.05) is 30.3 Å². The molecular weight excluding hydrogens is 587 g/mol. The van der Waals surface area contributed by atoms with Crippen LogP contribution in [0.25, 0.3) is 6.08 Å². The van der Waals surface area contributed by atoms with E-state index >= 15 is 0 Å². The van der Waals surface area contributed by atoms with Gasteiger partial charge in [0.1, 0.15) is 17.9 Å². The molecule has 2 aromatic rings. The third-order valence-electron chi connectivity index (χ3n) is 5.65. The number of hydrogen-bond donors (Lipinski definition) is 1. The highest BCUT2D eigenvalue weighted by Crippen LogP contribution is 2.30. The molecule has 0 bridgehead atoms. The van der Waals surface area contributed by atoms with Crippen molar-refractivity contribution in [3.05, 3.63) is 67.2 Å². The van der Waals surface area contributed by atoms with Gasteiger partial charge in [0, 0.05) is 19.6 Å². The summed E-state index contributed by atoms with van der Waals surface area (Å²) < 4.78 is 7.93. The van der Waals surface area contributed by atoms with Crippen molar-refractivity contribution in [2.24, 2.45) is 0 Å². The summed E-state index contributed by atoms with van der Waals surface area (Å²) in [5.74, 6) is -0.689. The SMILES string of the molecule is O=C1NC(=O)N(C2CCCCC2)C(=O)C1=Cc1cc(Br)ccc1OCc1ccc(I)cc1. The van der Waals surface area contributed by atoms with E-state index in [-0.39, 0.29) is 11.6 Å². The van der Waals surface area contributed by atoms with Gasteiger partial charge in [0.2, 0.25) is 0 Å². The van der Waals surface area contributed by atoms with Crippen molar-refractivity contribution in [1.29, 1.82) is 0 Å². The fourth-order valence-electron chi connectivity index (χ4n) is 4.00. The lowest BCUT2D eigenvalue weighted by atomic mass is 9.93. The number of nitrogens with one attached hydrogen (secondary N) is 1. The zero-order chi connectivity index (χ0) is 22.7. The third-order valence-corrected chi connectivity index (χ3v) is 6.86. The summed E-state index contributed by atoms with van der Waals surface area (Å²) in [4.78, 5) is 39.4. The van der Waals surface area contributed by atoms with Gasteiger partial charge < -0.3 is 4.74 Å². The van der Waals surface area contributed by atoms with Crippen LogP contribution in [0.5, 0.6) is 5.75 Å². The molecule has 1 N–H and O–H groups in total. The molecule has 0 unspecified atom stereocenters. The average Bonchev–Trinajstić information content (AvgIpc) is 2.78. The number of carbonyl (C=O) groups excluding carboxylic acids is 3. The summed E-state index contributed by atoms with van der Waals surface area (Å²) in [6, 6.07) is 12.6. The number of hydrogen-bond acceptors (Lipinski definition) is 4. The maximum absolute atomic E-state index is 13.2. The van der Waals surface area contributed by atoms with Crippen LogP contribution < -0.4 is 10.1 Å². The largest absolute Gasteiger partial charge is 0.488 e. The summed E-state index contributed by atoms with van der Waals surface area (Å²) in [6.07, 6.45) is 6.08. The second-order valence-corrected chi connectivity index (χ2v) is 10.0. The first kappa shape index (κ1) is 23.0. The molecule has 6 nitrogen and oxygen atoms in total. The maximum Gasteiger partial charge on any atom is 0.331 e. The van der Waals surface area contributed by atoms with Crippen LogP contribution in [0, 0.1) is 3.57 Å². The Kier molecular flexibility index (Phi) is 7.30. The zero-order valence-electron chi connectivity index (χ0n) is 17.3. The van der Waals surface area contributed by atoms with Crippen LogP contribution in [-0.2, 0) is 16.2 Å². The number of carbonyl (C=O) groups is 3. The summed E-state index contributed by atoms with van der Waals surface area (Å²) in [5, 5.41) is 2.33. The van der Waals surface area contributed by atoms with E-state index in [4.69, 9.17) is 4.74 Å². The predicted octanol–water partition coefficient (Wildman–Crippen LogP) is 5.43. The molecule has 166 valence electrons. The first-order valence-electron chi connectivity index (χ1n) is 10.5. The number of halogens is 2. The van der Waals surface area contributed by atoms with Crippen LogP contribution in [0.3, 0.4) is 0 Å².